The maximum Gasteiger partial charge on any atom is 0.356 e. The van der Waals surface area contributed by atoms with Crippen molar-refractivity contribution in [3.05, 3.63) is 22.4 Å². The molecule has 0 aliphatic heterocycles. The third-order valence-electron chi connectivity index (χ3n) is 1.51. The molecular weight excluding hydrogens is 250 g/mol. The summed E-state index contributed by atoms with van der Waals surface area (Å²) in [5.41, 5.74) is 3.20. The number of aliphatic imine (C=N–C) groups is 1. The fourth-order valence-corrected chi connectivity index (χ4v) is 1.34. The molecule has 0 unspecified atom stereocenters. The van der Waals surface area contributed by atoms with Crippen molar-refractivity contribution < 1.29 is 9.53 Å². The predicted molar refractivity (Wildman–Crippen MR) is 57.2 cm³/mol. The molecule has 0 atom stereocenters. The van der Waals surface area contributed by atoms with Crippen LogP contribution in [0.15, 0.2) is 21.7 Å². The van der Waals surface area contributed by atoms with Gasteiger partial charge in [-0.15, -0.1) is 0 Å². The summed E-state index contributed by atoms with van der Waals surface area (Å²) in [4.78, 5) is 15.0. The third kappa shape index (κ3) is 2.35. The zero-order valence-corrected chi connectivity index (χ0v) is 9.41. The van der Waals surface area contributed by atoms with Gasteiger partial charge in [0.25, 0.3) is 0 Å². The number of nitrogens with one attached hydrogen (secondary N) is 1. The zero-order valence-electron chi connectivity index (χ0n) is 7.82. The highest BCUT2D eigenvalue weighted by molar-refractivity contribution is 9.10. The van der Waals surface area contributed by atoms with Crippen molar-refractivity contribution in [2.75, 3.05) is 19.6 Å². The van der Waals surface area contributed by atoms with E-state index in [9.17, 15) is 4.79 Å². The van der Waals surface area contributed by atoms with Gasteiger partial charge in [0.15, 0.2) is 0 Å². The van der Waals surface area contributed by atoms with Crippen LogP contribution in [0.25, 0.3) is 0 Å². The molecule has 0 fully saturated rings. The van der Waals surface area contributed by atoms with Gasteiger partial charge in [-0.05, 0) is 22.0 Å². The summed E-state index contributed by atoms with van der Waals surface area (Å²) in [6.45, 7) is 0. The Morgan fingerprint density at radius 1 is 1.79 bits per heavy atom. The van der Waals surface area contributed by atoms with Crippen LogP contribution < -0.4 is 5.43 Å². The fourth-order valence-electron chi connectivity index (χ4n) is 0.919. The number of ether oxygens (including phenoxy) is 1. The molecule has 5 nitrogen and oxygen atoms in total. The fraction of sp³-hybridized carbons (Fsp3) is 0.250. The summed E-state index contributed by atoms with van der Waals surface area (Å²) in [6, 6.07) is 1.66. The van der Waals surface area contributed by atoms with E-state index < -0.39 is 5.97 Å². The van der Waals surface area contributed by atoms with Crippen LogP contribution in [0.1, 0.15) is 10.5 Å². The normalized spacial score (nSPS) is 10.5. The van der Waals surface area contributed by atoms with Gasteiger partial charge in [0.2, 0.25) is 0 Å². The molecule has 0 saturated heterocycles. The molecule has 0 aliphatic carbocycles. The monoisotopic (exact) mass is 259 g/mol. The lowest BCUT2D eigenvalue weighted by Crippen LogP contribution is -2.18. The van der Waals surface area contributed by atoms with E-state index in [2.05, 4.69) is 31.1 Å². The van der Waals surface area contributed by atoms with Gasteiger partial charge in [-0.2, -0.15) is 0 Å². The lowest BCUT2D eigenvalue weighted by atomic mass is 10.4. The highest BCUT2D eigenvalue weighted by Gasteiger charge is 2.12. The maximum absolute atomic E-state index is 11.3. The van der Waals surface area contributed by atoms with Gasteiger partial charge in [-0.25, -0.2) is 4.79 Å². The van der Waals surface area contributed by atoms with Gasteiger partial charge < -0.3 is 4.74 Å². The Morgan fingerprint density at radius 3 is 3.07 bits per heavy atom. The van der Waals surface area contributed by atoms with Gasteiger partial charge >= 0.3 is 5.97 Å². The first kappa shape index (κ1) is 10.8. The Kier molecular flexibility index (Phi) is 3.70. The molecule has 0 aliphatic rings. The lowest BCUT2D eigenvalue weighted by molar-refractivity contribution is 0.0591. The highest BCUT2D eigenvalue weighted by atomic mass is 79.9. The molecule has 1 aromatic rings. The first-order chi connectivity index (χ1) is 6.69. The predicted octanol–water partition coefficient (Wildman–Crippen LogP) is 1.24. The largest absolute Gasteiger partial charge is 0.464 e. The van der Waals surface area contributed by atoms with Crippen molar-refractivity contribution in [1.82, 2.24) is 4.68 Å². The Labute approximate surface area is 89.9 Å². The molecule has 0 amide bonds. The van der Waals surface area contributed by atoms with Crippen molar-refractivity contribution in [2.45, 2.75) is 0 Å². The van der Waals surface area contributed by atoms with Gasteiger partial charge in [-0.1, -0.05) is 0 Å². The molecule has 0 saturated carbocycles. The zero-order chi connectivity index (χ0) is 10.6. The second-order valence-corrected chi connectivity index (χ2v) is 3.34. The summed E-state index contributed by atoms with van der Waals surface area (Å²) in [5.74, 6) is -0.410. The van der Waals surface area contributed by atoms with Crippen molar-refractivity contribution in [1.29, 1.82) is 0 Å². The second-order valence-electron chi connectivity index (χ2n) is 2.42. The van der Waals surface area contributed by atoms with E-state index >= 15 is 0 Å². The van der Waals surface area contributed by atoms with Crippen LogP contribution in [0.2, 0.25) is 0 Å². The third-order valence-corrected chi connectivity index (χ3v) is 1.94. The minimum atomic E-state index is -0.410. The van der Waals surface area contributed by atoms with Crippen LogP contribution in [-0.4, -0.2) is 31.1 Å². The number of carbonyl (C=O) groups is 1. The van der Waals surface area contributed by atoms with Crippen LogP contribution in [0.5, 0.6) is 0 Å². The molecule has 0 spiro atoms. The molecule has 0 aromatic carbocycles. The number of hydrogen-bond acceptors (Lipinski definition) is 3. The standard InChI is InChI=1S/C8H10BrN3O2/c1-10-5-11-12-4-6(9)3-7(12)8(13)14-2/h3-5H,1-2H3,(H,10,11). The molecule has 76 valence electrons. The minimum Gasteiger partial charge on any atom is -0.464 e. The number of aromatic nitrogens is 1. The molecule has 1 N–H and O–H groups in total. The van der Waals surface area contributed by atoms with E-state index in [4.69, 9.17) is 0 Å². The Morgan fingerprint density at radius 2 is 2.50 bits per heavy atom. The first-order valence-electron chi connectivity index (χ1n) is 3.82. The number of halogens is 1. The van der Waals surface area contributed by atoms with Gasteiger partial charge in [0, 0.05) is 17.7 Å². The van der Waals surface area contributed by atoms with Crippen LogP contribution >= 0.6 is 15.9 Å². The number of nitrogens with zero attached hydrogens (tertiary/aromatic N) is 2. The van der Waals surface area contributed by atoms with Gasteiger partial charge in [0.05, 0.1) is 7.11 Å². The summed E-state index contributed by atoms with van der Waals surface area (Å²) < 4.78 is 6.91. The van der Waals surface area contributed by atoms with E-state index in [1.807, 2.05) is 0 Å². The summed E-state index contributed by atoms with van der Waals surface area (Å²) in [7, 11) is 2.96. The summed E-state index contributed by atoms with van der Waals surface area (Å²) >= 11 is 3.26. The van der Waals surface area contributed by atoms with Gasteiger partial charge in [-0.3, -0.25) is 15.1 Å². The van der Waals surface area contributed by atoms with E-state index in [1.54, 1.807) is 19.3 Å². The van der Waals surface area contributed by atoms with Crippen molar-refractivity contribution >= 4 is 28.2 Å². The average Bonchev–Trinajstić information content (AvgIpc) is 2.55. The Bertz CT molecular complexity index is 359. The smallest absolute Gasteiger partial charge is 0.356 e. The van der Waals surface area contributed by atoms with Crippen molar-refractivity contribution in [3.63, 3.8) is 0 Å². The molecule has 1 aromatic heterocycles. The number of carbonyl (C=O) groups excluding carboxylic acids is 1. The quantitative estimate of drug-likeness (QED) is 0.505. The average molecular weight is 260 g/mol. The van der Waals surface area contributed by atoms with E-state index in [1.165, 1.54) is 18.1 Å². The van der Waals surface area contributed by atoms with Crippen LogP contribution in [0.4, 0.5) is 0 Å². The van der Waals surface area contributed by atoms with Crippen LogP contribution in [-0.2, 0) is 4.74 Å². The van der Waals surface area contributed by atoms with Crippen molar-refractivity contribution in [2.24, 2.45) is 4.99 Å². The summed E-state index contributed by atoms with van der Waals surface area (Å²) in [5, 5.41) is 0. The number of methoxy groups -OCH3 is 1. The molecule has 0 bridgehead atoms. The number of rotatable bonds is 3. The van der Waals surface area contributed by atoms with Crippen LogP contribution in [0, 0.1) is 0 Å². The number of esters is 1. The maximum atomic E-state index is 11.3. The van der Waals surface area contributed by atoms with E-state index in [0.717, 1.165) is 4.47 Å². The molecule has 0 radical (unpaired) electrons. The lowest BCUT2D eigenvalue weighted by Gasteiger charge is -2.05. The first-order valence-corrected chi connectivity index (χ1v) is 4.61. The Balaban J connectivity index is 2.96. The molecule has 1 rings (SSSR count). The van der Waals surface area contributed by atoms with Crippen LogP contribution in [0.3, 0.4) is 0 Å². The Hall–Kier alpha value is -1.30. The van der Waals surface area contributed by atoms with E-state index in [-0.39, 0.29) is 0 Å². The highest BCUT2D eigenvalue weighted by Crippen LogP contribution is 2.14. The van der Waals surface area contributed by atoms with Crippen molar-refractivity contribution in [3.8, 4) is 0 Å². The SMILES string of the molecule is CN=CNn1cc(Br)cc1C(=O)OC. The molecular formula is C8H10BrN3O2. The topological polar surface area (TPSA) is 55.6 Å². The molecule has 1 heterocycles. The number of hydrogen-bond donors (Lipinski definition) is 1. The van der Waals surface area contributed by atoms with Gasteiger partial charge in [0.1, 0.15) is 12.0 Å². The second kappa shape index (κ2) is 4.80. The summed E-state index contributed by atoms with van der Waals surface area (Å²) in [6.07, 6.45) is 3.17. The molecule has 14 heavy (non-hydrogen) atoms. The van der Waals surface area contributed by atoms with E-state index in [0.29, 0.717) is 5.69 Å². The minimum absolute atomic E-state index is 0.402. The molecule has 6 heteroatoms.